The molecule has 1 aliphatic rings. The summed E-state index contributed by atoms with van der Waals surface area (Å²) in [6, 6.07) is 10.1. The molecule has 1 heterocycles. The van der Waals surface area contributed by atoms with Crippen LogP contribution >= 0.6 is 0 Å². The number of hydrogen-bond donors (Lipinski definition) is 1. The molecule has 0 radical (unpaired) electrons. The van der Waals surface area contributed by atoms with Crippen molar-refractivity contribution < 1.29 is 0 Å². The first-order chi connectivity index (χ1) is 9.20. The van der Waals surface area contributed by atoms with Crippen LogP contribution in [0.15, 0.2) is 24.3 Å². The number of piperidine rings is 1. The summed E-state index contributed by atoms with van der Waals surface area (Å²) in [5, 5.41) is 3.77. The van der Waals surface area contributed by atoms with Gasteiger partial charge in [-0.15, -0.1) is 0 Å². The molecule has 0 amide bonds. The number of nitrogens with zero attached hydrogens (tertiary/aromatic N) is 1. The van der Waals surface area contributed by atoms with E-state index >= 15 is 0 Å². The minimum atomic E-state index is 0.646. The molecule has 0 spiro atoms. The van der Waals surface area contributed by atoms with Gasteiger partial charge in [0.25, 0.3) is 0 Å². The molecule has 106 valence electrons. The summed E-state index contributed by atoms with van der Waals surface area (Å²) in [5.41, 5.74) is 2.82. The maximum Gasteiger partial charge on any atom is 0.0374 e. The number of nitrogens with one attached hydrogen (secondary N) is 1. The van der Waals surface area contributed by atoms with Crippen molar-refractivity contribution in [1.82, 2.24) is 4.90 Å². The number of hydrogen-bond acceptors (Lipinski definition) is 2. The van der Waals surface area contributed by atoms with E-state index in [0.717, 1.165) is 0 Å². The smallest absolute Gasteiger partial charge is 0.0374 e. The fraction of sp³-hybridized carbons (Fsp3) is 0.647. The van der Waals surface area contributed by atoms with Crippen molar-refractivity contribution in [3.8, 4) is 0 Å². The van der Waals surface area contributed by atoms with E-state index in [1.165, 1.54) is 50.0 Å². The molecule has 0 unspecified atom stereocenters. The number of rotatable bonds is 5. The monoisotopic (exact) mass is 260 g/mol. The van der Waals surface area contributed by atoms with Gasteiger partial charge in [-0.25, -0.2) is 0 Å². The van der Waals surface area contributed by atoms with Crippen LogP contribution in [0.1, 0.15) is 45.6 Å². The Bertz CT molecular complexity index is 379. The number of anilines is 1. The van der Waals surface area contributed by atoms with E-state index in [0.29, 0.717) is 12.1 Å². The second kappa shape index (κ2) is 6.95. The first-order valence-electron chi connectivity index (χ1n) is 7.79. The maximum atomic E-state index is 3.77. The molecule has 1 saturated heterocycles. The molecular weight excluding hydrogens is 232 g/mol. The summed E-state index contributed by atoms with van der Waals surface area (Å²) in [6.45, 7) is 9.29. The van der Waals surface area contributed by atoms with Crippen molar-refractivity contribution in [2.75, 3.05) is 18.4 Å². The zero-order chi connectivity index (χ0) is 13.7. The van der Waals surface area contributed by atoms with E-state index in [9.17, 15) is 0 Å². The van der Waals surface area contributed by atoms with Crippen molar-refractivity contribution in [3.63, 3.8) is 0 Å². The van der Waals surface area contributed by atoms with Gasteiger partial charge in [0.1, 0.15) is 0 Å². The van der Waals surface area contributed by atoms with Gasteiger partial charge in [0.15, 0.2) is 0 Å². The fourth-order valence-electron chi connectivity index (χ4n) is 2.93. The summed E-state index contributed by atoms with van der Waals surface area (Å²) < 4.78 is 0. The van der Waals surface area contributed by atoms with Crippen LogP contribution < -0.4 is 5.32 Å². The Hall–Kier alpha value is -1.02. The molecule has 0 saturated carbocycles. The lowest BCUT2D eigenvalue weighted by atomic mass is 10.0. The van der Waals surface area contributed by atoms with Crippen LogP contribution in [0.25, 0.3) is 0 Å². The average molecular weight is 260 g/mol. The van der Waals surface area contributed by atoms with Gasteiger partial charge in [-0.1, -0.05) is 31.5 Å². The van der Waals surface area contributed by atoms with E-state index in [-0.39, 0.29) is 0 Å². The van der Waals surface area contributed by atoms with Crippen LogP contribution in [0.3, 0.4) is 0 Å². The highest BCUT2D eigenvalue weighted by Gasteiger charge is 2.20. The quantitative estimate of drug-likeness (QED) is 0.863. The lowest BCUT2D eigenvalue weighted by Gasteiger charge is -2.35. The highest BCUT2D eigenvalue weighted by molar-refractivity contribution is 5.51. The second-order valence-corrected chi connectivity index (χ2v) is 5.96. The molecule has 0 aliphatic carbocycles. The topological polar surface area (TPSA) is 15.3 Å². The predicted molar refractivity (Wildman–Crippen MR) is 83.8 cm³/mol. The molecule has 19 heavy (non-hydrogen) atoms. The van der Waals surface area contributed by atoms with Gasteiger partial charge in [-0.2, -0.15) is 0 Å². The highest BCUT2D eigenvalue weighted by atomic mass is 15.2. The zero-order valence-electron chi connectivity index (χ0n) is 12.7. The number of benzene rings is 1. The minimum Gasteiger partial charge on any atom is -0.382 e. The van der Waals surface area contributed by atoms with E-state index in [1.807, 2.05) is 0 Å². The van der Waals surface area contributed by atoms with Gasteiger partial charge >= 0.3 is 0 Å². The minimum absolute atomic E-state index is 0.646. The van der Waals surface area contributed by atoms with Gasteiger partial charge < -0.3 is 10.2 Å². The molecule has 0 atom stereocenters. The van der Waals surface area contributed by atoms with Gasteiger partial charge in [0.05, 0.1) is 0 Å². The fourth-order valence-corrected chi connectivity index (χ4v) is 2.93. The van der Waals surface area contributed by atoms with Crippen LogP contribution in [0.4, 0.5) is 5.69 Å². The first-order valence-corrected chi connectivity index (χ1v) is 7.79. The number of aryl methyl sites for hydroxylation is 1. The number of para-hydroxylation sites is 1. The standard InChI is InChI=1S/C17H28N2/c1-4-7-15-8-5-6-9-17(15)18-16-10-12-19(13-11-16)14(2)3/h5-6,8-9,14,16,18H,4,7,10-13H2,1-3H3. The summed E-state index contributed by atoms with van der Waals surface area (Å²) in [7, 11) is 0. The van der Waals surface area contributed by atoms with Crippen LogP contribution in [0.5, 0.6) is 0 Å². The van der Waals surface area contributed by atoms with E-state index in [2.05, 4.69) is 55.3 Å². The molecule has 1 aliphatic heterocycles. The molecule has 2 nitrogen and oxygen atoms in total. The molecule has 0 aromatic heterocycles. The average Bonchev–Trinajstić information content (AvgIpc) is 2.42. The van der Waals surface area contributed by atoms with E-state index in [4.69, 9.17) is 0 Å². The van der Waals surface area contributed by atoms with Gasteiger partial charge in [0, 0.05) is 30.9 Å². The van der Waals surface area contributed by atoms with Crippen molar-refractivity contribution in [1.29, 1.82) is 0 Å². The molecule has 2 heteroatoms. The Morgan fingerprint density at radius 1 is 1.21 bits per heavy atom. The van der Waals surface area contributed by atoms with Crippen LogP contribution in [0, 0.1) is 0 Å². The lowest BCUT2D eigenvalue weighted by Crippen LogP contribution is -2.42. The summed E-state index contributed by atoms with van der Waals surface area (Å²) >= 11 is 0. The third-order valence-corrected chi connectivity index (χ3v) is 4.16. The molecule has 1 N–H and O–H groups in total. The Labute approximate surface area is 118 Å². The molecule has 1 fully saturated rings. The second-order valence-electron chi connectivity index (χ2n) is 5.96. The lowest BCUT2D eigenvalue weighted by molar-refractivity contribution is 0.177. The summed E-state index contributed by atoms with van der Waals surface area (Å²) in [4.78, 5) is 2.58. The summed E-state index contributed by atoms with van der Waals surface area (Å²) in [6.07, 6.45) is 4.91. The van der Waals surface area contributed by atoms with Gasteiger partial charge in [-0.3, -0.25) is 0 Å². The van der Waals surface area contributed by atoms with Crippen LogP contribution in [0.2, 0.25) is 0 Å². The normalized spacial score (nSPS) is 17.9. The summed E-state index contributed by atoms with van der Waals surface area (Å²) in [5.74, 6) is 0. The highest BCUT2D eigenvalue weighted by Crippen LogP contribution is 2.22. The Morgan fingerprint density at radius 3 is 2.53 bits per heavy atom. The third-order valence-electron chi connectivity index (χ3n) is 4.16. The maximum absolute atomic E-state index is 3.77. The largest absolute Gasteiger partial charge is 0.382 e. The van der Waals surface area contributed by atoms with Crippen LogP contribution in [-0.2, 0) is 6.42 Å². The molecule has 1 aromatic rings. The zero-order valence-corrected chi connectivity index (χ0v) is 12.7. The van der Waals surface area contributed by atoms with Gasteiger partial charge in [-0.05, 0) is 44.7 Å². The van der Waals surface area contributed by atoms with Crippen molar-refractivity contribution in [2.24, 2.45) is 0 Å². The van der Waals surface area contributed by atoms with E-state index in [1.54, 1.807) is 0 Å². The van der Waals surface area contributed by atoms with Gasteiger partial charge in [0.2, 0.25) is 0 Å². The first kappa shape index (κ1) is 14.4. The molecule has 2 rings (SSSR count). The molecule has 1 aromatic carbocycles. The Balaban J connectivity index is 1.92. The number of likely N-dealkylation sites (tertiary alicyclic amines) is 1. The van der Waals surface area contributed by atoms with Crippen molar-refractivity contribution >= 4 is 5.69 Å². The van der Waals surface area contributed by atoms with E-state index < -0.39 is 0 Å². The Kier molecular flexibility index (Phi) is 5.26. The SMILES string of the molecule is CCCc1ccccc1NC1CCN(C(C)C)CC1. The molecule has 0 bridgehead atoms. The van der Waals surface area contributed by atoms with Crippen molar-refractivity contribution in [3.05, 3.63) is 29.8 Å². The van der Waals surface area contributed by atoms with Crippen LogP contribution in [-0.4, -0.2) is 30.1 Å². The molecular formula is C17H28N2. The third kappa shape index (κ3) is 3.97. The Morgan fingerprint density at radius 2 is 1.89 bits per heavy atom. The predicted octanol–water partition coefficient (Wildman–Crippen LogP) is 3.92. The van der Waals surface area contributed by atoms with Crippen molar-refractivity contribution in [2.45, 2.75) is 58.5 Å².